The van der Waals surface area contributed by atoms with Crippen LogP contribution in [0.5, 0.6) is 11.5 Å². The van der Waals surface area contributed by atoms with Crippen molar-refractivity contribution in [2.24, 2.45) is 0 Å². The smallest absolute Gasteiger partial charge is 0.416 e. The molecule has 0 unspecified atom stereocenters. The van der Waals surface area contributed by atoms with E-state index in [1.54, 1.807) is 6.92 Å². The molecule has 0 saturated carbocycles. The van der Waals surface area contributed by atoms with Crippen LogP contribution >= 0.6 is 23.2 Å². The number of nitrogens with one attached hydrogen (secondary N) is 1. The molecule has 2 N–H and O–H groups in total. The quantitative estimate of drug-likeness (QED) is 0.476. The zero-order valence-electron chi connectivity index (χ0n) is 16.1. The summed E-state index contributed by atoms with van der Waals surface area (Å²) in [5.74, 6) is -2.67. The second-order valence-corrected chi connectivity index (χ2v) is 7.22. The third-order valence-electron chi connectivity index (χ3n) is 4.28. The van der Waals surface area contributed by atoms with Crippen LogP contribution in [0.25, 0.3) is 6.08 Å². The van der Waals surface area contributed by atoms with E-state index in [-0.39, 0.29) is 33.7 Å². The minimum Gasteiger partial charge on any atom is -0.503 e. The van der Waals surface area contributed by atoms with E-state index in [9.17, 15) is 32.7 Å². The average molecular weight is 489 g/mol. The Hall–Kier alpha value is -3.24. The van der Waals surface area contributed by atoms with Crippen molar-refractivity contribution in [3.8, 4) is 11.5 Å². The molecule has 0 aliphatic carbocycles. The van der Waals surface area contributed by atoms with Crippen LogP contribution in [-0.2, 0) is 15.8 Å². The fraction of sp³-hybridized carbons (Fsp3) is 0.150. The maximum atomic E-state index is 13.1. The summed E-state index contributed by atoms with van der Waals surface area (Å²) in [5, 5.41) is 11.4. The molecule has 7 nitrogen and oxygen atoms in total. The highest BCUT2D eigenvalue weighted by molar-refractivity contribution is 6.42. The van der Waals surface area contributed by atoms with Gasteiger partial charge in [0, 0.05) is 0 Å². The van der Waals surface area contributed by atoms with Crippen molar-refractivity contribution in [2.45, 2.75) is 13.1 Å². The molecule has 1 aliphatic rings. The van der Waals surface area contributed by atoms with Crippen molar-refractivity contribution in [3.05, 3.63) is 57.1 Å². The molecule has 1 fully saturated rings. The number of hydrogen-bond acceptors (Lipinski definition) is 5. The maximum absolute atomic E-state index is 13.1. The lowest BCUT2D eigenvalue weighted by molar-refractivity contribution is -0.137. The van der Waals surface area contributed by atoms with Gasteiger partial charge >= 0.3 is 12.2 Å². The number of carbonyl (C=O) groups excluding carboxylic acids is 3. The number of urea groups is 1. The topological polar surface area (TPSA) is 95.9 Å². The van der Waals surface area contributed by atoms with Crippen LogP contribution in [0.4, 0.5) is 23.7 Å². The predicted molar refractivity (Wildman–Crippen MR) is 110 cm³/mol. The highest BCUT2D eigenvalue weighted by Crippen LogP contribution is 2.38. The van der Waals surface area contributed by atoms with Gasteiger partial charge in [-0.15, -0.1) is 0 Å². The van der Waals surface area contributed by atoms with Gasteiger partial charge in [-0.25, -0.2) is 9.69 Å². The summed E-state index contributed by atoms with van der Waals surface area (Å²) in [5.41, 5.74) is -2.13. The Morgan fingerprint density at radius 2 is 1.81 bits per heavy atom. The highest BCUT2D eigenvalue weighted by atomic mass is 35.5. The summed E-state index contributed by atoms with van der Waals surface area (Å²) >= 11 is 11.9. The predicted octanol–water partition coefficient (Wildman–Crippen LogP) is 4.78. The molecule has 0 aromatic heterocycles. The first-order chi connectivity index (χ1) is 14.9. The SMILES string of the molecule is CCOc1cc(/C=C2/C(=O)NC(=O)N(c3cc(C(F)(F)F)ccc3Cl)C2=O)cc(Cl)c1O. The molecule has 4 amide bonds. The van der Waals surface area contributed by atoms with Gasteiger partial charge in [0.15, 0.2) is 11.5 Å². The molecule has 0 bridgehead atoms. The Kier molecular flexibility index (Phi) is 6.38. The molecule has 1 saturated heterocycles. The number of benzene rings is 2. The van der Waals surface area contributed by atoms with Crippen LogP contribution in [0, 0.1) is 0 Å². The molecule has 12 heteroatoms. The third-order valence-corrected chi connectivity index (χ3v) is 4.89. The van der Waals surface area contributed by atoms with Crippen LogP contribution in [0.1, 0.15) is 18.1 Å². The van der Waals surface area contributed by atoms with Crippen molar-refractivity contribution in [3.63, 3.8) is 0 Å². The van der Waals surface area contributed by atoms with E-state index in [2.05, 4.69) is 0 Å². The van der Waals surface area contributed by atoms with Crippen LogP contribution < -0.4 is 15.0 Å². The number of nitrogens with zero attached hydrogens (tertiary/aromatic N) is 1. The molecule has 0 spiro atoms. The van der Waals surface area contributed by atoms with E-state index < -0.39 is 40.8 Å². The van der Waals surface area contributed by atoms with Gasteiger partial charge in [-0.05, 0) is 48.9 Å². The van der Waals surface area contributed by atoms with Crippen molar-refractivity contribution >= 4 is 52.8 Å². The Morgan fingerprint density at radius 1 is 1.12 bits per heavy atom. The Morgan fingerprint density at radius 3 is 2.44 bits per heavy atom. The number of hydrogen-bond donors (Lipinski definition) is 2. The number of phenolic OH excluding ortho intramolecular Hbond substituents is 1. The number of barbiturate groups is 1. The molecule has 0 atom stereocenters. The zero-order chi connectivity index (χ0) is 23.8. The summed E-state index contributed by atoms with van der Waals surface area (Å²) in [4.78, 5) is 37.9. The zero-order valence-corrected chi connectivity index (χ0v) is 17.6. The lowest BCUT2D eigenvalue weighted by Gasteiger charge is -2.27. The number of amides is 4. The van der Waals surface area contributed by atoms with Gasteiger partial charge < -0.3 is 9.84 Å². The Balaban J connectivity index is 2.09. The van der Waals surface area contributed by atoms with Gasteiger partial charge in [0.1, 0.15) is 5.57 Å². The fourth-order valence-electron chi connectivity index (χ4n) is 2.85. The average Bonchev–Trinajstić information content (AvgIpc) is 2.69. The summed E-state index contributed by atoms with van der Waals surface area (Å²) in [6.07, 6.45) is -3.71. The van der Waals surface area contributed by atoms with E-state index >= 15 is 0 Å². The minimum atomic E-state index is -4.76. The van der Waals surface area contributed by atoms with Crippen molar-refractivity contribution < 1.29 is 37.4 Å². The molecule has 2 aromatic carbocycles. The molecule has 2 aromatic rings. The monoisotopic (exact) mass is 488 g/mol. The minimum absolute atomic E-state index is 0.0237. The second-order valence-electron chi connectivity index (χ2n) is 6.40. The van der Waals surface area contributed by atoms with Crippen LogP contribution in [-0.4, -0.2) is 29.6 Å². The molecule has 1 aliphatic heterocycles. The number of rotatable bonds is 4. The van der Waals surface area contributed by atoms with Crippen molar-refractivity contribution in [1.82, 2.24) is 5.32 Å². The second kappa shape index (κ2) is 8.71. The first-order valence-electron chi connectivity index (χ1n) is 8.87. The van der Waals surface area contributed by atoms with E-state index in [0.29, 0.717) is 17.0 Å². The molecule has 3 rings (SSSR count). The van der Waals surface area contributed by atoms with Gasteiger partial charge in [0.2, 0.25) is 0 Å². The van der Waals surface area contributed by atoms with Crippen LogP contribution in [0.2, 0.25) is 10.0 Å². The summed E-state index contributed by atoms with van der Waals surface area (Å²) < 4.78 is 44.5. The third kappa shape index (κ3) is 4.51. The normalized spacial score (nSPS) is 15.9. The van der Waals surface area contributed by atoms with E-state index in [0.717, 1.165) is 12.1 Å². The maximum Gasteiger partial charge on any atom is 0.416 e. The highest BCUT2D eigenvalue weighted by Gasteiger charge is 2.39. The number of carbonyl (C=O) groups is 3. The van der Waals surface area contributed by atoms with Gasteiger partial charge in [-0.2, -0.15) is 13.2 Å². The molecule has 1 heterocycles. The van der Waals surface area contributed by atoms with Crippen LogP contribution in [0.3, 0.4) is 0 Å². The van der Waals surface area contributed by atoms with Crippen molar-refractivity contribution in [1.29, 1.82) is 0 Å². The molecule has 32 heavy (non-hydrogen) atoms. The fourth-order valence-corrected chi connectivity index (χ4v) is 3.27. The van der Waals surface area contributed by atoms with Gasteiger partial charge in [0.25, 0.3) is 11.8 Å². The van der Waals surface area contributed by atoms with Crippen molar-refractivity contribution in [2.75, 3.05) is 11.5 Å². The summed E-state index contributed by atoms with van der Waals surface area (Å²) in [6, 6.07) is 3.35. The standard InChI is InChI=1S/C20H13Cl2F3N2O5/c1-2-32-15-7-9(6-13(22)16(15)28)5-11-17(29)26-19(31)27(18(11)30)14-8-10(20(23,24)25)3-4-12(14)21/h3-8,28H,2H2,1H3,(H,26,29,31)/b11-5-. The largest absolute Gasteiger partial charge is 0.503 e. The number of ether oxygens (including phenoxy) is 1. The first-order valence-corrected chi connectivity index (χ1v) is 9.63. The number of aromatic hydroxyl groups is 1. The van der Waals surface area contributed by atoms with E-state index in [1.807, 2.05) is 5.32 Å². The van der Waals surface area contributed by atoms with Crippen LogP contribution in [0.15, 0.2) is 35.9 Å². The van der Waals surface area contributed by atoms with E-state index in [4.69, 9.17) is 27.9 Å². The van der Waals surface area contributed by atoms with Gasteiger partial charge in [-0.3, -0.25) is 14.9 Å². The van der Waals surface area contributed by atoms with Gasteiger partial charge in [0.05, 0.1) is 27.9 Å². The van der Waals surface area contributed by atoms with Gasteiger partial charge in [-0.1, -0.05) is 23.2 Å². The molecule has 0 radical (unpaired) electrons. The summed E-state index contributed by atoms with van der Waals surface area (Å²) in [7, 11) is 0. The Bertz CT molecular complexity index is 1160. The number of halogens is 5. The molecular formula is C20H13Cl2F3N2O5. The number of imide groups is 2. The number of anilines is 1. The lowest BCUT2D eigenvalue weighted by Crippen LogP contribution is -2.54. The first kappa shape index (κ1) is 23.4. The molecular weight excluding hydrogens is 476 g/mol. The van der Waals surface area contributed by atoms with E-state index in [1.165, 1.54) is 12.1 Å². The summed E-state index contributed by atoms with van der Waals surface area (Å²) in [6.45, 7) is 1.83. The number of alkyl halides is 3. The molecule has 168 valence electrons. The Labute approximate surface area is 189 Å². The number of phenols is 1. The lowest BCUT2D eigenvalue weighted by atomic mass is 10.1.